The molecule has 138 valence electrons. The summed E-state index contributed by atoms with van der Waals surface area (Å²) in [6.45, 7) is 0.0118. The molecule has 0 aliphatic carbocycles. The molecule has 0 unspecified atom stereocenters. The van der Waals surface area contributed by atoms with Gasteiger partial charge >= 0.3 is 0 Å². The summed E-state index contributed by atoms with van der Waals surface area (Å²) in [6, 6.07) is 9.55. The average Bonchev–Trinajstić information content (AvgIpc) is 2.97. The summed E-state index contributed by atoms with van der Waals surface area (Å²) in [5, 5.41) is 17.8. The third kappa shape index (κ3) is 4.24. The zero-order chi connectivity index (χ0) is 19.6. The van der Waals surface area contributed by atoms with Crippen LogP contribution in [0.15, 0.2) is 48.7 Å². The van der Waals surface area contributed by atoms with Gasteiger partial charge in [-0.2, -0.15) is 5.10 Å². The zero-order valence-corrected chi connectivity index (χ0v) is 15.0. The van der Waals surface area contributed by atoms with E-state index in [1.807, 2.05) is 0 Å². The van der Waals surface area contributed by atoms with E-state index in [2.05, 4.69) is 10.4 Å². The summed E-state index contributed by atoms with van der Waals surface area (Å²) in [6.07, 6.45) is 1.41. The van der Waals surface area contributed by atoms with Crippen molar-refractivity contribution in [3.05, 3.63) is 85.8 Å². The molecule has 0 bridgehead atoms. The lowest BCUT2D eigenvalue weighted by Crippen LogP contribution is -2.13. The van der Waals surface area contributed by atoms with E-state index in [1.54, 1.807) is 6.07 Å². The van der Waals surface area contributed by atoms with Gasteiger partial charge < -0.3 is 5.32 Å². The second-order valence-corrected chi connectivity index (χ2v) is 6.30. The first kappa shape index (κ1) is 18.8. The van der Waals surface area contributed by atoms with Crippen molar-refractivity contribution in [1.82, 2.24) is 9.78 Å². The van der Waals surface area contributed by atoms with E-state index in [1.165, 1.54) is 41.2 Å². The first-order valence-electron chi connectivity index (χ1n) is 7.57. The van der Waals surface area contributed by atoms with Crippen LogP contribution in [0.1, 0.15) is 15.9 Å². The molecule has 7 nitrogen and oxygen atoms in total. The molecule has 0 radical (unpaired) electrons. The van der Waals surface area contributed by atoms with Crippen molar-refractivity contribution in [1.29, 1.82) is 0 Å². The van der Waals surface area contributed by atoms with Gasteiger partial charge in [-0.05, 0) is 18.2 Å². The van der Waals surface area contributed by atoms with E-state index in [-0.39, 0.29) is 39.2 Å². The molecule has 1 aromatic heterocycles. The van der Waals surface area contributed by atoms with Gasteiger partial charge in [-0.1, -0.05) is 35.3 Å². The van der Waals surface area contributed by atoms with Crippen molar-refractivity contribution in [2.24, 2.45) is 0 Å². The first-order chi connectivity index (χ1) is 12.8. The molecule has 0 atom stereocenters. The number of carbonyl (C=O) groups is 1. The number of amides is 1. The maximum atomic E-state index is 13.9. The highest BCUT2D eigenvalue weighted by Crippen LogP contribution is 2.24. The fraction of sp³-hybridized carbons (Fsp3) is 0.0588. The Morgan fingerprint density at radius 2 is 1.96 bits per heavy atom. The Morgan fingerprint density at radius 1 is 1.22 bits per heavy atom. The normalized spacial score (nSPS) is 10.6. The molecule has 1 heterocycles. The van der Waals surface area contributed by atoms with Crippen LogP contribution in [0.3, 0.4) is 0 Å². The molecular formula is C17H11Cl2FN4O3. The Balaban J connectivity index is 1.80. The van der Waals surface area contributed by atoms with Crippen molar-refractivity contribution >= 4 is 40.6 Å². The number of anilines is 1. The molecule has 3 rings (SSSR count). The molecule has 10 heteroatoms. The molecule has 0 aliphatic heterocycles. The van der Waals surface area contributed by atoms with Crippen LogP contribution in [0.5, 0.6) is 0 Å². The number of nitro groups is 1. The number of nitrogens with zero attached hydrogens (tertiary/aromatic N) is 3. The minimum atomic E-state index is -0.616. The van der Waals surface area contributed by atoms with Gasteiger partial charge in [0.1, 0.15) is 10.8 Å². The summed E-state index contributed by atoms with van der Waals surface area (Å²) >= 11 is 12.1. The van der Waals surface area contributed by atoms with E-state index in [9.17, 15) is 19.3 Å². The van der Waals surface area contributed by atoms with Gasteiger partial charge in [-0.3, -0.25) is 19.6 Å². The third-order valence-corrected chi connectivity index (χ3v) is 4.28. The summed E-state index contributed by atoms with van der Waals surface area (Å²) in [5.41, 5.74) is 0.0929. The molecule has 0 aliphatic rings. The van der Waals surface area contributed by atoms with Crippen LogP contribution in [0.2, 0.25) is 10.0 Å². The fourth-order valence-corrected chi connectivity index (χ4v) is 2.77. The van der Waals surface area contributed by atoms with Crippen LogP contribution < -0.4 is 5.32 Å². The van der Waals surface area contributed by atoms with E-state index in [0.29, 0.717) is 0 Å². The summed E-state index contributed by atoms with van der Waals surface area (Å²) < 4.78 is 15.2. The molecule has 0 fully saturated rings. The van der Waals surface area contributed by atoms with Crippen LogP contribution in [-0.2, 0) is 6.54 Å². The molecule has 0 saturated heterocycles. The minimum Gasteiger partial charge on any atom is -0.304 e. The molecule has 0 saturated carbocycles. The fourth-order valence-electron chi connectivity index (χ4n) is 2.35. The van der Waals surface area contributed by atoms with Crippen LogP contribution >= 0.6 is 23.2 Å². The van der Waals surface area contributed by atoms with Gasteiger partial charge in [-0.25, -0.2) is 4.39 Å². The number of hydrogen-bond acceptors (Lipinski definition) is 4. The number of benzene rings is 2. The van der Waals surface area contributed by atoms with Crippen molar-refractivity contribution in [2.75, 3.05) is 5.32 Å². The highest BCUT2D eigenvalue weighted by atomic mass is 35.5. The molecule has 3 aromatic rings. The van der Waals surface area contributed by atoms with Gasteiger partial charge in [0.05, 0.1) is 11.5 Å². The van der Waals surface area contributed by atoms with Gasteiger partial charge in [0.2, 0.25) is 0 Å². The van der Waals surface area contributed by atoms with E-state index in [4.69, 9.17) is 23.2 Å². The monoisotopic (exact) mass is 408 g/mol. The Hall–Kier alpha value is -2.97. The number of rotatable bonds is 5. The standard InChI is InChI=1S/C17H11Cl2FN4O3/c18-13-5-2-6-15(20)12(13)8-23-9-14(19)16(22-23)21-17(25)10-3-1-4-11(7-10)24(26)27/h1-7,9H,8H2,(H,21,22,25). The number of carbonyl (C=O) groups excluding carboxylic acids is 1. The lowest BCUT2D eigenvalue weighted by atomic mass is 10.2. The number of nitrogens with one attached hydrogen (secondary N) is 1. The second kappa shape index (κ2) is 7.73. The Kier molecular flexibility index (Phi) is 5.38. The Labute approximate surface area is 162 Å². The van der Waals surface area contributed by atoms with Gasteiger partial charge in [0, 0.05) is 34.5 Å². The van der Waals surface area contributed by atoms with Gasteiger partial charge in [0.25, 0.3) is 11.6 Å². The number of nitro benzene ring substituents is 1. The molecule has 1 amide bonds. The van der Waals surface area contributed by atoms with Crippen molar-refractivity contribution < 1.29 is 14.1 Å². The summed E-state index contributed by atoms with van der Waals surface area (Å²) in [7, 11) is 0. The first-order valence-corrected chi connectivity index (χ1v) is 8.32. The Morgan fingerprint density at radius 3 is 2.67 bits per heavy atom. The van der Waals surface area contributed by atoms with Crippen LogP contribution in [0.25, 0.3) is 0 Å². The maximum absolute atomic E-state index is 13.9. The smallest absolute Gasteiger partial charge is 0.270 e. The van der Waals surface area contributed by atoms with E-state index >= 15 is 0 Å². The highest BCUT2D eigenvalue weighted by Gasteiger charge is 2.16. The number of aromatic nitrogens is 2. The predicted molar refractivity (Wildman–Crippen MR) is 98.8 cm³/mol. The number of non-ortho nitro benzene ring substituents is 1. The summed E-state index contributed by atoms with van der Waals surface area (Å²) in [4.78, 5) is 22.5. The molecule has 27 heavy (non-hydrogen) atoms. The predicted octanol–water partition coefficient (Wildman–Crippen LogP) is 4.54. The maximum Gasteiger partial charge on any atom is 0.270 e. The van der Waals surface area contributed by atoms with Gasteiger partial charge in [0.15, 0.2) is 5.82 Å². The average molecular weight is 409 g/mol. The SMILES string of the molecule is O=C(Nc1nn(Cc2c(F)cccc2Cl)cc1Cl)c1cccc([N+](=O)[O-])c1. The lowest BCUT2D eigenvalue weighted by Gasteiger charge is -2.06. The molecule has 2 aromatic carbocycles. The van der Waals surface area contributed by atoms with Crippen molar-refractivity contribution in [2.45, 2.75) is 6.54 Å². The van der Waals surface area contributed by atoms with Crippen LogP contribution in [0, 0.1) is 15.9 Å². The second-order valence-electron chi connectivity index (χ2n) is 5.48. The van der Waals surface area contributed by atoms with E-state index < -0.39 is 16.6 Å². The summed E-state index contributed by atoms with van der Waals surface area (Å²) in [5.74, 6) is -1.06. The zero-order valence-electron chi connectivity index (χ0n) is 13.5. The molecular weight excluding hydrogens is 398 g/mol. The topological polar surface area (TPSA) is 90.1 Å². The highest BCUT2D eigenvalue weighted by molar-refractivity contribution is 6.33. The van der Waals surface area contributed by atoms with Crippen molar-refractivity contribution in [3.8, 4) is 0 Å². The third-order valence-electron chi connectivity index (χ3n) is 3.65. The lowest BCUT2D eigenvalue weighted by molar-refractivity contribution is -0.384. The van der Waals surface area contributed by atoms with Gasteiger partial charge in [-0.15, -0.1) is 0 Å². The van der Waals surface area contributed by atoms with Crippen molar-refractivity contribution in [3.63, 3.8) is 0 Å². The Bertz CT molecular complexity index is 1020. The quantitative estimate of drug-likeness (QED) is 0.495. The molecule has 1 N–H and O–H groups in total. The van der Waals surface area contributed by atoms with E-state index in [0.717, 1.165) is 6.07 Å². The minimum absolute atomic E-state index is 0.0118. The largest absolute Gasteiger partial charge is 0.304 e. The number of hydrogen-bond donors (Lipinski definition) is 1. The number of halogens is 3. The molecule has 0 spiro atoms. The van der Waals surface area contributed by atoms with Crippen LogP contribution in [0.4, 0.5) is 15.9 Å². The van der Waals surface area contributed by atoms with Crippen LogP contribution in [-0.4, -0.2) is 20.6 Å².